The predicted octanol–water partition coefficient (Wildman–Crippen LogP) is 3.34. The summed E-state index contributed by atoms with van der Waals surface area (Å²) >= 11 is 3.32. The van der Waals surface area contributed by atoms with Crippen LogP contribution in [0.3, 0.4) is 0 Å². The third kappa shape index (κ3) is 4.96. The van der Waals surface area contributed by atoms with E-state index >= 15 is 0 Å². The van der Waals surface area contributed by atoms with Gasteiger partial charge in [0.1, 0.15) is 5.75 Å². The molecule has 0 atom stereocenters. The highest BCUT2D eigenvalue weighted by Crippen LogP contribution is 2.24. The minimum atomic E-state index is -0.263. The van der Waals surface area contributed by atoms with E-state index in [0.717, 1.165) is 10.9 Å². The van der Waals surface area contributed by atoms with Crippen LogP contribution in [0.2, 0.25) is 0 Å². The zero-order chi connectivity index (χ0) is 15.3. The van der Waals surface area contributed by atoms with Gasteiger partial charge in [-0.05, 0) is 45.4 Å². The van der Waals surface area contributed by atoms with E-state index in [4.69, 9.17) is 4.74 Å². The number of Topliss-reactive ketones (excluding diaryl/α,β-unsaturated/α-hetero) is 1. The second kappa shape index (κ2) is 6.88. The third-order valence-corrected chi connectivity index (χ3v) is 3.54. The van der Waals surface area contributed by atoms with Gasteiger partial charge in [0.25, 0.3) is 5.91 Å². The van der Waals surface area contributed by atoms with E-state index in [1.54, 1.807) is 18.2 Å². The maximum atomic E-state index is 11.8. The molecule has 0 saturated heterocycles. The van der Waals surface area contributed by atoms with Crippen LogP contribution in [0.5, 0.6) is 5.75 Å². The molecule has 4 nitrogen and oxygen atoms in total. The monoisotopic (exact) mass is 341 g/mol. The van der Waals surface area contributed by atoms with Crippen LogP contribution in [0.1, 0.15) is 44.5 Å². The summed E-state index contributed by atoms with van der Waals surface area (Å²) in [6, 6.07) is 5.13. The molecule has 1 amide bonds. The molecule has 1 N–H and O–H groups in total. The molecule has 1 aromatic rings. The van der Waals surface area contributed by atoms with Crippen LogP contribution in [-0.2, 0) is 4.79 Å². The van der Waals surface area contributed by atoms with Crippen molar-refractivity contribution in [3.63, 3.8) is 0 Å². The summed E-state index contributed by atoms with van der Waals surface area (Å²) in [4.78, 5) is 23.3. The summed E-state index contributed by atoms with van der Waals surface area (Å²) in [7, 11) is 0. The molecule has 1 aromatic carbocycles. The first-order valence-electron chi connectivity index (χ1n) is 6.49. The molecule has 20 heavy (non-hydrogen) atoms. The van der Waals surface area contributed by atoms with E-state index in [1.807, 2.05) is 20.8 Å². The molecule has 0 aliphatic rings. The Bertz CT molecular complexity index is 512. The number of benzene rings is 1. The lowest BCUT2D eigenvalue weighted by Crippen LogP contribution is -2.44. The highest BCUT2D eigenvalue weighted by Gasteiger charge is 2.18. The largest absolute Gasteiger partial charge is 0.483 e. The van der Waals surface area contributed by atoms with Crippen molar-refractivity contribution < 1.29 is 14.3 Å². The average Bonchev–Trinajstić information content (AvgIpc) is 2.35. The summed E-state index contributed by atoms with van der Waals surface area (Å²) in [5.74, 6) is 0.115. The molecular weight excluding hydrogens is 322 g/mol. The van der Waals surface area contributed by atoms with Crippen LogP contribution in [-0.4, -0.2) is 23.8 Å². The van der Waals surface area contributed by atoms with Crippen LogP contribution >= 0.6 is 15.9 Å². The van der Waals surface area contributed by atoms with Gasteiger partial charge in [-0.25, -0.2) is 0 Å². The lowest BCUT2D eigenvalue weighted by atomic mass is 10.0. The van der Waals surface area contributed by atoms with Crippen LogP contribution in [0, 0.1) is 0 Å². The zero-order valence-electron chi connectivity index (χ0n) is 12.2. The van der Waals surface area contributed by atoms with Gasteiger partial charge in [-0.1, -0.05) is 22.9 Å². The first-order chi connectivity index (χ1) is 9.25. The predicted molar refractivity (Wildman–Crippen MR) is 82.2 cm³/mol. The van der Waals surface area contributed by atoms with Crippen molar-refractivity contribution in [2.24, 2.45) is 0 Å². The number of rotatable bonds is 6. The van der Waals surface area contributed by atoms with Crippen molar-refractivity contribution in [2.45, 2.75) is 39.7 Å². The molecule has 1 rings (SSSR count). The number of carbonyl (C=O) groups excluding carboxylic acids is 2. The first kappa shape index (κ1) is 16.7. The number of hydrogen-bond acceptors (Lipinski definition) is 3. The van der Waals surface area contributed by atoms with Gasteiger partial charge in [0.2, 0.25) is 0 Å². The smallest absolute Gasteiger partial charge is 0.258 e. The Hall–Kier alpha value is -1.36. The molecule has 0 spiro atoms. The average molecular weight is 342 g/mol. The van der Waals surface area contributed by atoms with E-state index in [2.05, 4.69) is 21.2 Å². The van der Waals surface area contributed by atoms with Crippen molar-refractivity contribution in [1.82, 2.24) is 5.32 Å². The fourth-order valence-corrected chi connectivity index (χ4v) is 1.89. The molecule has 0 fully saturated rings. The standard InChI is InChI=1S/C15H20BrNO3/c1-5-15(3,4)17-14(19)9-20-13-8-11(16)6-7-12(13)10(2)18/h6-8H,5,9H2,1-4H3,(H,17,19). The van der Waals surface area contributed by atoms with Crippen molar-refractivity contribution in [2.75, 3.05) is 6.61 Å². The second-order valence-electron chi connectivity index (χ2n) is 5.27. The Kier molecular flexibility index (Phi) is 5.74. The lowest BCUT2D eigenvalue weighted by Gasteiger charge is -2.24. The number of ether oxygens (including phenoxy) is 1. The Balaban J connectivity index is 2.73. The first-order valence-corrected chi connectivity index (χ1v) is 7.29. The molecular formula is C15H20BrNO3. The topological polar surface area (TPSA) is 55.4 Å². The summed E-state index contributed by atoms with van der Waals surface area (Å²) in [6.45, 7) is 7.26. The number of nitrogens with one attached hydrogen (secondary N) is 1. The minimum Gasteiger partial charge on any atom is -0.483 e. The van der Waals surface area contributed by atoms with E-state index < -0.39 is 0 Å². The summed E-state index contributed by atoms with van der Waals surface area (Å²) in [5, 5.41) is 2.88. The maximum absolute atomic E-state index is 11.8. The van der Waals surface area contributed by atoms with Gasteiger partial charge in [-0.15, -0.1) is 0 Å². The van der Waals surface area contributed by atoms with Gasteiger partial charge in [0, 0.05) is 10.0 Å². The quantitative estimate of drug-likeness (QED) is 0.807. The summed E-state index contributed by atoms with van der Waals surface area (Å²) in [6.07, 6.45) is 0.828. The molecule has 110 valence electrons. The molecule has 5 heteroatoms. The lowest BCUT2D eigenvalue weighted by molar-refractivity contribution is -0.124. The van der Waals surface area contributed by atoms with Crippen LogP contribution < -0.4 is 10.1 Å². The highest BCUT2D eigenvalue weighted by atomic mass is 79.9. The number of hydrogen-bond donors (Lipinski definition) is 1. The van der Waals surface area contributed by atoms with Crippen molar-refractivity contribution in [3.8, 4) is 5.75 Å². The minimum absolute atomic E-state index is 0.0956. The molecule has 0 aliphatic carbocycles. The van der Waals surface area contributed by atoms with Crippen molar-refractivity contribution in [3.05, 3.63) is 28.2 Å². The van der Waals surface area contributed by atoms with Crippen molar-refractivity contribution in [1.29, 1.82) is 0 Å². The molecule has 0 heterocycles. The van der Waals surface area contributed by atoms with Gasteiger partial charge in [-0.3, -0.25) is 9.59 Å². The van der Waals surface area contributed by atoms with E-state index in [0.29, 0.717) is 11.3 Å². The van der Waals surface area contributed by atoms with Crippen LogP contribution in [0.4, 0.5) is 0 Å². The number of carbonyl (C=O) groups is 2. The fraction of sp³-hybridized carbons (Fsp3) is 0.467. The van der Waals surface area contributed by atoms with Gasteiger partial charge in [0.15, 0.2) is 12.4 Å². The van der Waals surface area contributed by atoms with Crippen LogP contribution in [0.15, 0.2) is 22.7 Å². The normalized spacial score (nSPS) is 11.1. The van der Waals surface area contributed by atoms with E-state index in [1.165, 1.54) is 6.92 Å². The summed E-state index contributed by atoms with van der Waals surface area (Å²) in [5.41, 5.74) is 0.206. The van der Waals surface area contributed by atoms with Crippen LogP contribution in [0.25, 0.3) is 0 Å². The second-order valence-corrected chi connectivity index (χ2v) is 6.19. The van der Waals surface area contributed by atoms with Gasteiger partial charge in [-0.2, -0.15) is 0 Å². The molecule has 0 bridgehead atoms. The number of amides is 1. The highest BCUT2D eigenvalue weighted by molar-refractivity contribution is 9.10. The van der Waals surface area contributed by atoms with Gasteiger partial charge < -0.3 is 10.1 Å². The number of ketones is 1. The van der Waals surface area contributed by atoms with Crippen molar-refractivity contribution >= 4 is 27.6 Å². The van der Waals surface area contributed by atoms with Gasteiger partial charge >= 0.3 is 0 Å². The Morgan fingerprint density at radius 2 is 2.00 bits per heavy atom. The Morgan fingerprint density at radius 3 is 2.55 bits per heavy atom. The molecule has 0 saturated carbocycles. The van der Waals surface area contributed by atoms with E-state index in [9.17, 15) is 9.59 Å². The maximum Gasteiger partial charge on any atom is 0.258 e. The summed E-state index contributed by atoms with van der Waals surface area (Å²) < 4.78 is 6.27. The Labute approximate surface area is 128 Å². The van der Waals surface area contributed by atoms with E-state index in [-0.39, 0.29) is 23.8 Å². The number of halogens is 1. The Morgan fingerprint density at radius 1 is 1.35 bits per heavy atom. The zero-order valence-corrected chi connectivity index (χ0v) is 13.8. The molecule has 0 aromatic heterocycles. The molecule has 0 aliphatic heterocycles. The van der Waals surface area contributed by atoms with Gasteiger partial charge in [0.05, 0.1) is 5.56 Å². The third-order valence-electron chi connectivity index (χ3n) is 3.04. The molecule has 0 radical (unpaired) electrons. The fourth-order valence-electron chi connectivity index (χ4n) is 1.55. The SMILES string of the molecule is CCC(C)(C)NC(=O)COc1cc(Br)ccc1C(C)=O. The molecule has 0 unspecified atom stereocenters.